The van der Waals surface area contributed by atoms with Crippen molar-refractivity contribution in [3.8, 4) is 0 Å². The lowest BCUT2D eigenvalue weighted by molar-refractivity contribution is -0.156. The molecule has 1 N–H and O–H groups in total. The second-order valence-corrected chi connectivity index (χ2v) is 7.12. The number of amides is 1. The maximum absolute atomic E-state index is 12.3. The van der Waals surface area contributed by atoms with Gasteiger partial charge in [0.15, 0.2) is 0 Å². The molecule has 2 aliphatic rings. The highest BCUT2D eigenvalue weighted by Gasteiger charge is 2.58. The van der Waals surface area contributed by atoms with E-state index >= 15 is 0 Å². The monoisotopic (exact) mass is 311 g/mol. The summed E-state index contributed by atoms with van der Waals surface area (Å²) in [7, 11) is 0. The third-order valence-electron chi connectivity index (χ3n) is 5.65. The largest absolute Gasteiger partial charge is 0.351 e. The van der Waals surface area contributed by atoms with Crippen LogP contribution in [0.15, 0.2) is 12.2 Å². The Balaban J connectivity index is 2.20. The van der Waals surface area contributed by atoms with Crippen LogP contribution in [0.4, 0.5) is 0 Å². The molecule has 5 unspecified atom stereocenters. The van der Waals surface area contributed by atoms with Crippen LogP contribution in [0.5, 0.6) is 0 Å². The minimum absolute atomic E-state index is 0.0772. The van der Waals surface area contributed by atoms with Crippen LogP contribution >= 0.6 is 11.6 Å². The summed E-state index contributed by atoms with van der Waals surface area (Å²) < 4.78 is 0. The van der Waals surface area contributed by atoms with Gasteiger partial charge < -0.3 is 5.32 Å². The van der Waals surface area contributed by atoms with E-state index in [1.807, 2.05) is 6.92 Å². The molecule has 3 nitrogen and oxygen atoms in total. The highest BCUT2D eigenvalue weighted by atomic mass is 35.5. The molecule has 0 saturated carbocycles. The first-order valence-corrected chi connectivity index (χ1v) is 8.50. The number of ketones is 1. The van der Waals surface area contributed by atoms with Gasteiger partial charge in [-0.2, -0.15) is 0 Å². The van der Waals surface area contributed by atoms with Crippen molar-refractivity contribution in [3.63, 3.8) is 0 Å². The number of allylic oxidation sites excluding steroid dienone is 2. The maximum Gasteiger partial charge on any atom is 0.228 e. The molecular weight excluding hydrogens is 286 g/mol. The highest BCUT2D eigenvalue weighted by molar-refractivity contribution is 6.18. The van der Waals surface area contributed by atoms with Crippen LogP contribution in [0.2, 0.25) is 0 Å². The van der Waals surface area contributed by atoms with Crippen molar-refractivity contribution < 1.29 is 9.59 Å². The van der Waals surface area contributed by atoms with E-state index in [0.29, 0.717) is 18.2 Å². The summed E-state index contributed by atoms with van der Waals surface area (Å²) in [5.74, 6) is 1.16. The van der Waals surface area contributed by atoms with Gasteiger partial charge in [0, 0.05) is 11.8 Å². The van der Waals surface area contributed by atoms with E-state index < -0.39 is 5.41 Å². The smallest absolute Gasteiger partial charge is 0.228 e. The molecule has 1 aliphatic carbocycles. The van der Waals surface area contributed by atoms with Crippen LogP contribution in [0.25, 0.3) is 0 Å². The Kier molecular flexibility index (Phi) is 5.13. The van der Waals surface area contributed by atoms with Crippen LogP contribution in [-0.4, -0.2) is 23.6 Å². The zero-order chi connectivity index (χ0) is 15.6. The molecule has 1 heterocycles. The van der Waals surface area contributed by atoms with Crippen LogP contribution in [0.1, 0.15) is 46.5 Å². The fraction of sp³-hybridized carbons (Fsp3) is 0.765. The molecule has 0 aromatic heterocycles. The number of Topliss-reactive ketones (excluding diaryl/α,β-unsaturated/α-hetero) is 1. The fourth-order valence-corrected chi connectivity index (χ4v) is 4.18. The van der Waals surface area contributed by atoms with Gasteiger partial charge in [0.05, 0.1) is 11.5 Å². The van der Waals surface area contributed by atoms with Gasteiger partial charge in [0.2, 0.25) is 5.91 Å². The molecule has 1 saturated heterocycles. The molecule has 0 bridgehead atoms. The van der Waals surface area contributed by atoms with E-state index in [4.69, 9.17) is 11.6 Å². The first kappa shape index (κ1) is 16.5. The first-order valence-electron chi connectivity index (χ1n) is 7.97. The molecule has 118 valence electrons. The number of halogens is 1. The second kappa shape index (κ2) is 6.51. The molecule has 4 heteroatoms. The maximum atomic E-state index is 12.3. The number of carbonyl (C=O) groups is 2. The lowest BCUT2D eigenvalue weighted by Crippen LogP contribution is -2.72. The topological polar surface area (TPSA) is 46.2 Å². The summed E-state index contributed by atoms with van der Waals surface area (Å²) in [6, 6.07) is -0.0772. The van der Waals surface area contributed by atoms with E-state index in [1.165, 1.54) is 6.42 Å². The standard InChI is InChI=1S/C17H26ClNO2/c1-11(13-7-5-4-6-8-13)17(3)15(19-16(17)21)14(9-10-18)12(2)20/h5,7,11,13-15H,4,6,8-10H2,1-3H3,(H,19,21). The molecule has 0 radical (unpaired) electrons. The molecule has 1 fully saturated rings. The minimum atomic E-state index is -0.464. The number of hydrogen-bond acceptors (Lipinski definition) is 2. The van der Waals surface area contributed by atoms with Crippen molar-refractivity contribution in [2.45, 2.75) is 52.5 Å². The van der Waals surface area contributed by atoms with Crippen LogP contribution in [-0.2, 0) is 9.59 Å². The lowest BCUT2D eigenvalue weighted by atomic mass is 9.57. The zero-order valence-electron chi connectivity index (χ0n) is 13.2. The average molecular weight is 312 g/mol. The minimum Gasteiger partial charge on any atom is -0.351 e. The fourth-order valence-electron chi connectivity index (χ4n) is 3.94. The van der Waals surface area contributed by atoms with Gasteiger partial charge in [0.1, 0.15) is 5.78 Å². The Morgan fingerprint density at radius 1 is 1.57 bits per heavy atom. The Labute approximate surface area is 132 Å². The molecule has 5 atom stereocenters. The Hall–Kier alpha value is -0.830. The quantitative estimate of drug-likeness (QED) is 0.465. The summed E-state index contributed by atoms with van der Waals surface area (Å²) in [4.78, 5) is 24.2. The van der Waals surface area contributed by atoms with Crippen LogP contribution < -0.4 is 5.32 Å². The van der Waals surface area contributed by atoms with Gasteiger partial charge in [-0.15, -0.1) is 11.6 Å². The third-order valence-corrected chi connectivity index (χ3v) is 5.86. The Morgan fingerprint density at radius 3 is 2.76 bits per heavy atom. The van der Waals surface area contributed by atoms with E-state index in [9.17, 15) is 9.59 Å². The van der Waals surface area contributed by atoms with E-state index in [1.54, 1.807) is 6.92 Å². The van der Waals surface area contributed by atoms with Gasteiger partial charge in [-0.05, 0) is 51.4 Å². The number of alkyl halides is 1. The van der Waals surface area contributed by atoms with Crippen LogP contribution in [0, 0.1) is 23.2 Å². The van der Waals surface area contributed by atoms with Crippen LogP contribution in [0.3, 0.4) is 0 Å². The normalized spacial score (nSPS) is 34.8. The zero-order valence-corrected chi connectivity index (χ0v) is 14.0. The molecule has 0 spiro atoms. The van der Waals surface area contributed by atoms with Gasteiger partial charge >= 0.3 is 0 Å². The summed E-state index contributed by atoms with van der Waals surface area (Å²) in [5.41, 5.74) is -0.464. The van der Waals surface area contributed by atoms with Gasteiger partial charge in [-0.1, -0.05) is 19.1 Å². The van der Waals surface area contributed by atoms with Crippen molar-refractivity contribution in [1.29, 1.82) is 0 Å². The molecule has 1 aliphatic heterocycles. The summed E-state index contributed by atoms with van der Waals surface area (Å²) in [6.07, 6.45) is 8.56. The van der Waals surface area contributed by atoms with E-state index in [2.05, 4.69) is 24.4 Å². The number of carbonyl (C=O) groups excluding carboxylic acids is 2. The van der Waals surface area contributed by atoms with Crippen molar-refractivity contribution in [1.82, 2.24) is 5.32 Å². The first-order chi connectivity index (χ1) is 9.92. The van der Waals surface area contributed by atoms with E-state index in [-0.39, 0.29) is 29.6 Å². The Morgan fingerprint density at radius 2 is 2.29 bits per heavy atom. The third kappa shape index (κ3) is 2.90. The number of rotatable bonds is 6. The van der Waals surface area contributed by atoms with Crippen molar-refractivity contribution in [3.05, 3.63) is 12.2 Å². The SMILES string of the molecule is CC(=O)C(CCCl)C1NC(=O)C1(C)C(C)C1C=CCCC1. The molecular formula is C17H26ClNO2. The molecule has 2 rings (SSSR count). The lowest BCUT2D eigenvalue weighted by Gasteiger charge is -2.54. The second-order valence-electron chi connectivity index (χ2n) is 6.74. The molecule has 21 heavy (non-hydrogen) atoms. The summed E-state index contributed by atoms with van der Waals surface area (Å²) >= 11 is 5.85. The number of hydrogen-bond donors (Lipinski definition) is 1. The van der Waals surface area contributed by atoms with Gasteiger partial charge in [-0.25, -0.2) is 0 Å². The molecule has 0 aromatic carbocycles. The Bertz CT molecular complexity index is 448. The van der Waals surface area contributed by atoms with Crippen molar-refractivity contribution in [2.24, 2.45) is 23.2 Å². The number of β-lactam (4-membered cyclic amide) rings is 1. The predicted molar refractivity (Wildman–Crippen MR) is 85.2 cm³/mol. The average Bonchev–Trinajstić information content (AvgIpc) is 2.49. The van der Waals surface area contributed by atoms with Crippen molar-refractivity contribution >= 4 is 23.3 Å². The van der Waals surface area contributed by atoms with Crippen molar-refractivity contribution in [2.75, 3.05) is 5.88 Å². The number of nitrogens with one attached hydrogen (secondary N) is 1. The predicted octanol–water partition coefficient (Wildman–Crippen LogP) is 3.32. The van der Waals surface area contributed by atoms with Gasteiger partial charge in [0.25, 0.3) is 0 Å². The molecule has 1 amide bonds. The highest BCUT2D eigenvalue weighted by Crippen LogP contribution is 2.47. The van der Waals surface area contributed by atoms with E-state index in [0.717, 1.165) is 12.8 Å². The van der Waals surface area contributed by atoms with Gasteiger partial charge in [-0.3, -0.25) is 9.59 Å². The summed E-state index contributed by atoms with van der Waals surface area (Å²) in [5, 5.41) is 2.98. The summed E-state index contributed by atoms with van der Waals surface area (Å²) in [6.45, 7) is 5.78. The molecule has 0 aromatic rings.